The fourth-order valence-electron chi connectivity index (χ4n) is 3.04. The number of pyridine rings is 1. The van der Waals surface area contributed by atoms with Crippen molar-refractivity contribution in [3.63, 3.8) is 0 Å². The van der Waals surface area contributed by atoms with E-state index in [1.54, 1.807) is 25.4 Å². The molecule has 6 heteroatoms. The molecule has 6 nitrogen and oxygen atoms in total. The quantitative estimate of drug-likeness (QED) is 0.711. The van der Waals surface area contributed by atoms with Crippen LogP contribution in [0.15, 0.2) is 42.6 Å². The molecule has 138 valence electrons. The minimum atomic E-state index is -0.125. The van der Waals surface area contributed by atoms with Crippen LogP contribution in [0.25, 0.3) is 0 Å². The predicted octanol–water partition coefficient (Wildman–Crippen LogP) is 3.25. The Morgan fingerprint density at radius 3 is 2.62 bits per heavy atom. The first-order chi connectivity index (χ1) is 12.7. The lowest BCUT2D eigenvalue weighted by Gasteiger charge is -2.13. The molecule has 0 saturated heterocycles. The first-order valence-corrected chi connectivity index (χ1v) is 9.02. The SMILES string of the molecule is COc1ccc(OCCNC(=O)c2ccnc(NC3CCCC3)c2)cc1. The van der Waals surface area contributed by atoms with Crippen molar-refractivity contribution in [1.82, 2.24) is 10.3 Å². The number of aromatic nitrogens is 1. The summed E-state index contributed by atoms with van der Waals surface area (Å²) in [6.07, 6.45) is 6.51. The summed E-state index contributed by atoms with van der Waals surface area (Å²) in [6, 6.07) is 11.3. The molecule has 1 heterocycles. The van der Waals surface area contributed by atoms with E-state index in [0.29, 0.717) is 24.8 Å². The number of nitrogens with one attached hydrogen (secondary N) is 2. The standard InChI is InChI=1S/C20H25N3O3/c1-25-17-6-8-18(9-7-17)26-13-12-22-20(24)15-10-11-21-19(14-15)23-16-4-2-3-5-16/h6-11,14,16H,2-5,12-13H2,1H3,(H,21,23)(H,22,24). The maximum atomic E-state index is 12.3. The number of hydrogen-bond donors (Lipinski definition) is 2. The third-order valence-corrected chi connectivity index (χ3v) is 4.45. The van der Waals surface area contributed by atoms with E-state index < -0.39 is 0 Å². The molecule has 0 bridgehead atoms. The van der Waals surface area contributed by atoms with E-state index in [2.05, 4.69) is 15.6 Å². The minimum absolute atomic E-state index is 0.125. The normalized spacial score (nSPS) is 14.0. The molecule has 0 radical (unpaired) electrons. The van der Waals surface area contributed by atoms with Gasteiger partial charge in [0.2, 0.25) is 0 Å². The van der Waals surface area contributed by atoms with Crippen LogP contribution >= 0.6 is 0 Å². The molecule has 1 aromatic heterocycles. The zero-order valence-electron chi connectivity index (χ0n) is 15.0. The molecule has 0 atom stereocenters. The van der Waals surface area contributed by atoms with E-state index in [0.717, 1.165) is 17.3 Å². The van der Waals surface area contributed by atoms with Gasteiger partial charge in [-0.25, -0.2) is 4.98 Å². The second-order valence-corrected chi connectivity index (χ2v) is 6.34. The number of anilines is 1. The van der Waals surface area contributed by atoms with Crippen LogP contribution in [-0.4, -0.2) is 37.2 Å². The van der Waals surface area contributed by atoms with Gasteiger partial charge in [0.1, 0.15) is 23.9 Å². The van der Waals surface area contributed by atoms with Crippen molar-refractivity contribution < 1.29 is 14.3 Å². The van der Waals surface area contributed by atoms with Crippen molar-refractivity contribution in [1.29, 1.82) is 0 Å². The van der Waals surface area contributed by atoms with E-state index in [-0.39, 0.29) is 5.91 Å². The molecule has 0 spiro atoms. The molecule has 1 amide bonds. The molecule has 1 saturated carbocycles. The zero-order chi connectivity index (χ0) is 18.2. The van der Waals surface area contributed by atoms with Gasteiger partial charge in [0.15, 0.2) is 0 Å². The Morgan fingerprint density at radius 2 is 1.88 bits per heavy atom. The van der Waals surface area contributed by atoms with Crippen LogP contribution in [0, 0.1) is 0 Å². The van der Waals surface area contributed by atoms with Crippen molar-refractivity contribution in [2.75, 3.05) is 25.6 Å². The monoisotopic (exact) mass is 355 g/mol. The lowest BCUT2D eigenvalue weighted by atomic mass is 10.2. The third-order valence-electron chi connectivity index (χ3n) is 4.45. The van der Waals surface area contributed by atoms with Crippen LogP contribution in [0.2, 0.25) is 0 Å². The van der Waals surface area contributed by atoms with Crippen molar-refractivity contribution in [3.8, 4) is 11.5 Å². The topological polar surface area (TPSA) is 72.5 Å². The summed E-state index contributed by atoms with van der Waals surface area (Å²) in [6.45, 7) is 0.828. The van der Waals surface area contributed by atoms with E-state index in [9.17, 15) is 4.79 Å². The number of carbonyl (C=O) groups is 1. The smallest absolute Gasteiger partial charge is 0.251 e. The number of benzene rings is 1. The Balaban J connectivity index is 1.43. The van der Waals surface area contributed by atoms with Crippen LogP contribution < -0.4 is 20.1 Å². The summed E-state index contributed by atoms with van der Waals surface area (Å²) < 4.78 is 10.7. The lowest BCUT2D eigenvalue weighted by molar-refractivity contribution is 0.0947. The molecule has 0 unspecified atom stereocenters. The second kappa shape index (κ2) is 9.08. The molecule has 1 aliphatic carbocycles. The first-order valence-electron chi connectivity index (χ1n) is 9.02. The van der Waals surface area contributed by atoms with Gasteiger partial charge in [-0.3, -0.25) is 4.79 Å². The lowest BCUT2D eigenvalue weighted by Crippen LogP contribution is -2.28. The summed E-state index contributed by atoms with van der Waals surface area (Å²) in [5.74, 6) is 2.16. The van der Waals surface area contributed by atoms with Crippen LogP contribution in [0.5, 0.6) is 11.5 Å². The van der Waals surface area contributed by atoms with Gasteiger partial charge in [-0.2, -0.15) is 0 Å². The Labute approximate surface area is 153 Å². The largest absolute Gasteiger partial charge is 0.497 e. The second-order valence-electron chi connectivity index (χ2n) is 6.34. The Morgan fingerprint density at radius 1 is 1.15 bits per heavy atom. The van der Waals surface area contributed by atoms with E-state index >= 15 is 0 Å². The van der Waals surface area contributed by atoms with Crippen molar-refractivity contribution in [3.05, 3.63) is 48.2 Å². The minimum Gasteiger partial charge on any atom is -0.497 e. The highest BCUT2D eigenvalue weighted by Gasteiger charge is 2.15. The maximum Gasteiger partial charge on any atom is 0.251 e. The fourth-order valence-corrected chi connectivity index (χ4v) is 3.04. The van der Waals surface area contributed by atoms with Crippen LogP contribution in [0.4, 0.5) is 5.82 Å². The summed E-state index contributed by atoms with van der Waals surface area (Å²) >= 11 is 0. The molecule has 0 aliphatic heterocycles. The van der Waals surface area contributed by atoms with Crippen LogP contribution in [0.1, 0.15) is 36.0 Å². The van der Waals surface area contributed by atoms with Crippen molar-refractivity contribution in [2.45, 2.75) is 31.7 Å². The predicted molar refractivity (Wildman–Crippen MR) is 101 cm³/mol. The van der Waals surface area contributed by atoms with Gasteiger partial charge in [0, 0.05) is 17.8 Å². The first kappa shape index (κ1) is 18.0. The summed E-state index contributed by atoms with van der Waals surface area (Å²) in [5.41, 5.74) is 0.602. The van der Waals surface area contributed by atoms with E-state index in [4.69, 9.17) is 9.47 Å². The van der Waals surface area contributed by atoms with Crippen LogP contribution in [-0.2, 0) is 0 Å². The third kappa shape index (κ3) is 5.12. The molecular weight excluding hydrogens is 330 g/mol. The molecule has 1 aliphatic rings. The Bertz CT molecular complexity index is 712. The van der Waals surface area contributed by atoms with Gasteiger partial charge < -0.3 is 20.1 Å². The summed E-state index contributed by atoms with van der Waals surface area (Å²) in [7, 11) is 1.62. The van der Waals surface area contributed by atoms with Gasteiger partial charge in [0.05, 0.1) is 13.7 Å². The molecule has 26 heavy (non-hydrogen) atoms. The van der Waals surface area contributed by atoms with E-state index in [1.807, 2.05) is 24.3 Å². The van der Waals surface area contributed by atoms with Crippen molar-refractivity contribution in [2.24, 2.45) is 0 Å². The Kier molecular flexibility index (Phi) is 6.30. The van der Waals surface area contributed by atoms with Gasteiger partial charge >= 0.3 is 0 Å². The average molecular weight is 355 g/mol. The molecular formula is C20H25N3O3. The van der Waals surface area contributed by atoms with E-state index in [1.165, 1.54) is 25.7 Å². The van der Waals surface area contributed by atoms with Gasteiger partial charge in [-0.05, 0) is 49.2 Å². The highest BCUT2D eigenvalue weighted by atomic mass is 16.5. The van der Waals surface area contributed by atoms with Gasteiger partial charge in [0.25, 0.3) is 5.91 Å². The number of ether oxygens (including phenoxy) is 2. The summed E-state index contributed by atoms with van der Waals surface area (Å²) in [5, 5.41) is 6.28. The average Bonchev–Trinajstić information content (AvgIpc) is 3.19. The number of nitrogens with zero attached hydrogens (tertiary/aromatic N) is 1. The molecule has 3 rings (SSSR count). The zero-order valence-corrected chi connectivity index (χ0v) is 15.0. The number of rotatable bonds is 8. The number of hydrogen-bond acceptors (Lipinski definition) is 5. The highest BCUT2D eigenvalue weighted by molar-refractivity contribution is 5.94. The molecule has 1 aromatic carbocycles. The van der Waals surface area contributed by atoms with Crippen LogP contribution in [0.3, 0.4) is 0 Å². The number of methoxy groups -OCH3 is 1. The Hall–Kier alpha value is -2.76. The fraction of sp³-hybridized carbons (Fsp3) is 0.400. The number of amides is 1. The van der Waals surface area contributed by atoms with Crippen molar-refractivity contribution >= 4 is 11.7 Å². The summed E-state index contributed by atoms with van der Waals surface area (Å²) in [4.78, 5) is 16.6. The highest BCUT2D eigenvalue weighted by Crippen LogP contribution is 2.21. The number of carbonyl (C=O) groups excluding carboxylic acids is 1. The molecule has 1 fully saturated rings. The van der Waals surface area contributed by atoms with Gasteiger partial charge in [-0.1, -0.05) is 12.8 Å². The molecule has 2 aromatic rings. The molecule has 2 N–H and O–H groups in total. The maximum absolute atomic E-state index is 12.3. The van der Waals surface area contributed by atoms with Gasteiger partial charge in [-0.15, -0.1) is 0 Å².